The number of halogens is 2. The van der Waals surface area contributed by atoms with Crippen LogP contribution in [0.25, 0.3) is 0 Å². The predicted octanol–water partition coefficient (Wildman–Crippen LogP) is 3.21. The molecule has 0 fully saturated rings. The van der Waals surface area contributed by atoms with Crippen LogP contribution in [0.5, 0.6) is 0 Å². The van der Waals surface area contributed by atoms with Crippen molar-refractivity contribution in [2.24, 2.45) is 0 Å². The number of rotatable bonds is 9. The number of benzene rings is 1. The van der Waals surface area contributed by atoms with Gasteiger partial charge in [-0.05, 0) is 32.0 Å². The Morgan fingerprint density at radius 1 is 1.15 bits per heavy atom. The zero-order valence-electron chi connectivity index (χ0n) is 11.7. The molecule has 4 nitrogen and oxygen atoms in total. The number of anilines is 1. The zero-order chi connectivity index (χ0) is 15.0. The maximum atomic E-state index is 9.76. The maximum absolute atomic E-state index is 9.76. The predicted molar refractivity (Wildman–Crippen MR) is 82.9 cm³/mol. The minimum atomic E-state index is -0.605. The van der Waals surface area contributed by atoms with Crippen LogP contribution in [0.3, 0.4) is 0 Å². The molecule has 1 aromatic carbocycles. The van der Waals surface area contributed by atoms with E-state index in [9.17, 15) is 5.11 Å². The molecule has 0 aliphatic heterocycles. The van der Waals surface area contributed by atoms with Gasteiger partial charge in [-0.1, -0.05) is 23.2 Å². The van der Waals surface area contributed by atoms with Crippen molar-refractivity contribution in [1.82, 2.24) is 0 Å². The van der Waals surface area contributed by atoms with Gasteiger partial charge < -0.3 is 19.9 Å². The lowest BCUT2D eigenvalue weighted by Crippen LogP contribution is -2.25. The Bertz CT molecular complexity index is 382. The van der Waals surface area contributed by atoms with E-state index in [1.807, 2.05) is 13.8 Å². The van der Waals surface area contributed by atoms with Crippen molar-refractivity contribution < 1.29 is 14.6 Å². The van der Waals surface area contributed by atoms with E-state index >= 15 is 0 Å². The molecule has 0 saturated heterocycles. The molecule has 0 heterocycles. The molecule has 0 spiro atoms. The number of hydrogen-bond acceptors (Lipinski definition) is 4. The fraction of sp³-hybridized carbons (Fsp3) is 0.571. The van der Waals surface area contributed by atoms with Crippen LogP contribution in [-0.4, -0.2) is 43.7 Å². The maximum Gasteiger partial charge on any atom is 0.0945 e. The quantitative estimate of drug-likeness (QED) is 0.686. The number of ether oxygens (including phenoxy) is 2. The topological polar surface area (TPSA) is 50.7 Å². The molecule has 0 amide bonds. The van der Waals surface area contributed by atoms with Crippen LogP contribution in [0.15, 0.2) is 18.2 Å². The van der Waals surface area contributed by atoms with Crippen molar-refractivity contribution >= 4 is 28.9 Å². The van der Waals surface area contributed by atoms with Gasteiger partial charge in [0, 0.05) is 22.3 Å². The highest BCUT2D eigenvalue weighted by atomic mass is 35.5. The molecular formula is C14H21Cl2NO3. The van der Waals surface area contributed by atoms with Gasteiger partial charge in [-0.2, -0.15) is 0 Å². The van der Waals surface area contributed by atoms with Gasteiger partial charge in [-0.15, -0.1) is 0 Å². The van der Waals surface area contributed by atoms with Crippen molar-refractivity contribution in [2.75, 3.05) is 31.7 Å². The fourth-order valence-corrected chi connectivity index (χ4v) is 2.04. The van der Waals surface area contributed by atoms with Gasteiger partial charge in [-0.3, -0.25) is 0 Å². The van der Waals surface area contributed by atoms with Crippen molar-refractivity contribution in [1.29, 1.82) is 0 Å². The Kier molecular flexibility index (Phi) is 8.26. The van der Waals surface area contributed by atoms with E-state index in [0.717, 1.165) is 5.69 Å². The van der Waals surface area contributed by atoms with Crippen molar-refractivity contribution in [3.05, 3.63) is 28.2 Å². The third kappa shape index (κ3) is 7.92. The van der Waals surface area contributed by atoms with Gasteiger partial charge in [0.1, 0.15) is 0 Å². The molecule has 0 aliphatic rings. The number of aliphatic hydroxyl groups excluding tert-OH is 1. The SMILES string of the molecule is CC(C)OCCOCC(O)CNc1cc(Cl)cc(Cl)c1. The van der Waals surface area contributed by atoms with E-state index in [0.29, 0.717) is 29.8 Å². The summed E-state index contributed by atoms with van der Waals surface area (Å²) in [6.45, 7) is 5.55. The van der Waals surface area contributed by atoms with E-state index in [-0.39, 0.29) is 12.7 Å². The van der Waals surface area contributed by atoms with E-state index in [4.69, 9.17) is 32.7 Å². The third-order valence-electron chi connectivity index (χ3n) is 2.39. The van der Waals surface area contributed by atoms with Crippen molar-refractivity contribution in [2.45, 2.75) is 26.1 Å². The zero-order valence-corrected chi connectivity index (χ0v) is 13.2. The summed E-state index contributed by atoms with van der Waals surface area (Å²) in [5, 5.41) is 13.9. The highest BCUT2D eigenvalue weighted by Crippen LogP contribution is 2.22. The third-order valence-corrected chi connectivity index (χ3v) is 2.83. The van der Waals surface area contributed by atoms with E-state index in [1.54, 1.807) is 18.2 Å². The van der Waals surface area contributed by atoms with Crippen LogP contribution in [0.4, 0.5) is 5.69 Å². The second-order valence-electron chi connectivity index (χ2n) is 4.69. The Hall–Kier alpha value is -0.520. The minimum Gasteiger partial charge on any atom is -0.389 e. The summed E-state index contributed by atoms with van der Waals surface area (Å²) in [6.07, 6.45) is -0.412. The first kappa shape index (κ1) is 17.5. The van der Waals surface area contributed by atoms with Gasteiger partial charge >= 0.3 is 0 Å². The molecule has 2 N–H and O–H groups in total. The first-order valence-corrected chi connectivity index (χ1v) is 7.30. The summed E-state index contributed by atoms with van der Waals surface area (Å²) >= 11 is 11.8. The summed E-state index contributed by atoms with van der Waals surface area (Å²) in [7, 11) is 0. The largest absolute Gasteiger partial charge is 0.389 e. The summed E-state index contributed by atoms with van der Waals surface area (Å²) < 4.78 is 10.6. The molecule has 1 atom stereocenters. The second-order valence-corrected chi connectivity index (χ2v) is 5.56. The number of nitrogens with one attached hydrogen (secondary N) is 1. The lowest BCUT2D eigenvalue weighted by Gasteiger charge is -2.14. The molecule has 20 heavy (non-hydrogen) atoms. The van der Waals surface area contributed by atoms with Crippen LogP contribution >= 0.6 is 23.2 Å². The average molecular weight is 322 g/mol. The first-order chi connectivity index (χ1) is 9.47. The molecule has 0 aliphatic carbocycles. The van der Waals surface area contributed by atoms with Gasteiger partial charge in [0.05, 0.1) is 32.0 Å². The molecule has 6 heteroatoms. The number of aliphatic hydroxyl groups is 1. The summed E-state index contributed by atoms with van der Waals surface area (Å²) in [5.74, 6) is 0. The Morgan fingerprint density at radius 3 is 2.40 bits per heavy atom. The average Bonchev–Trinajstić information content (AvgIpc) is 2.34. The summed E-state index contributed by atoms with van der Waals surface area (Å²) in [6, 6.07) is 5.15. The summed E-state index contributed by atoms with van der Waals surface area (Å²) in [5.41, 5.74) is 0.768. The van der Waals surface area contributed by atoms with Crippen molar-refractivity contribution in [3.63, 3.8) is 0 Å². The monoisotopic (exact) mass is 321 g/mol. The Balaban J connectivity index is 2.17. The molecule has 1 unspecified atom stereocenters. The van der Waals surface area contributed by atoms with Gasteiger partial charge in [-0.25, -0.2) is 0 Å². The molecular weight excluding hydrogens is 301 g/mol. The lowest BCUT2D eigenvalue weighted by molar-refractivity contribution is -0.00734. The van der Waals surface area contributed by atoms with Crippen LogP contribution in [0.2, 0.25) is 10.0 Å². The lowest BCUT2D eigenvalue weighted by atomic mass is 10.3. The van der Waals surface area contributed by atoms with E-state index in [2.05, 4.69) is 5.32 Å². The van der Waals surface area contributed by atoms with Gasteiger partial charge in [0.2, 0.25) is 0 Å². The van der Waals surface area contributed by atoms with Crippen LogP contribution in [-0.2, 0) is 9.47 Å². The highest BCUT2D eigenvalue weighted by molar-refractivity contribution is 6.35. The van der Waals surface area contributed by atoms with Gasteiger partial charge in [0.25, 0.3) is 0 Å². The van der Waals surface area contributed by atoms with Crippen molar-refractivity contribution in [3.8, 4) is 0 Å². The molecule has 114 valence electrons. The smallest absolute Gasteiger partial charge is 0.0945 e. The molecule has 1 aromatic rings. The fourth-order valence-electron chi connectivity index (χ4n) is 1.51. The normalized spacial score (nSPS) is 12.7. The standard InChI is InChI=1S/C14H21Cl2NO3/c1-10(2)20-4-3-19-9-14(18)8-17-13-6-11(15)5-12(16)7-13/h5-7,10,14,17-18H,3-4,8-9H2,1-2H3. The minimum absolute atomic E-state index is 0.192. The van der Waals surface area contributed by atoms with Crippen LogP contribution < -0.4 is 5.32 Å². The Labute approximate surface area is 130 Å². The number of hydrogen-bond donors (Lipinski definition) is 2. The molecule has 1 rings (SSSR count). The van der Waals surface area contributed by atoms with E-state index < -0.39 is 6.10 Å². The first-order valence-electron chi connectivity index (χ1n) is 6.54. The summed E-state index contributed by atoms with van der Waals surface area (Å²) in [4.78, 5) is 0. The van der Waals surface area contributed by atoms with Crippen LogP contribution in [0, 0.1) is 0 Å². The van der Waals surface area contributed by atoms with E-state index in [1.165, 1.54) is 0 Å². The molecule has 0 bridgehead atoms. The van der Waals surface area contributed by atoms with Crippen LogP contribution in [0.1, 0.15) is 13.8 Å². The highest BCUT2D eigenvalue weighted by Gasteiger charge is 2.05. The Morgan fingerprint density at radius 2 is 1.80 bits per heavy atom. The molecule has 0 saturated carbocycles. The molecule has 0 radical (unpaired) electrons. The second kappa shape index (κ2) is 9.42. The molecule has 0 aromatic heterocycles. The van der Waals surface area contributed by atoms with Gasteiger partial charge in [0.15, 0.2) is 0 Å².